The summed E-state index contributed by atoms with van der Waals surface area (Å²) < 4.78 is 2.11. The zero-order valence-corrected chi connectivity index (χ0v) is 8.13. The Hall–Kier alpha value is 0.250. The molecular formula is C7H13Cl2N. The van der Waals surface area contributed by atoms with Gasteiger partial charge in [-0.3, -0.25) is 0 Å². The van der Waals surface area contributed by atoms with Crippen molar-refractivity contribution in [2.24, 2.45) is 5.41 Å². The average molecular weight is 182 g/mol. The lowest BCUT2D eigenvalue weighted by Crippen LogP contribution is -3.00. The monoisotopic (exact) mass is 181 g/mol. The van der Waals surface area contributed by atoms with E-state index < -0.39 is 0 Å². The number of rotatable bonds is 0. The summed E-state index contributed by atoms with van der Waals surface area (Å²) in [7, 11) is 2.04. The Labute approximate surface area is 73.5 Å². The fraction of sp³-hybridized carbons (Fsp3) is 0.857. The third-order valence-electron chi connectivity index (χ3n) is 1.97. The van der Waals surface area contributed by atoms with E-state index in [0.717, 1.165) is 11.7 Å². The standard InChI is InChI=1S/C7H13ClN.ClH/c1-7(2)4-5-9(3)6(7)8;/h4-5H2,1-3H3;1H/q+1;/p-1. The maximum Gasteiger partial charge on any atom is 0.250 e. The topological polar surface area (TPSA) is 3.01 Å². The maximum atomic E-state index is 6.00. The molecule has 0 N–H and O–H groups in total. The number of nitrogens with zero attached hydrogens (tertiary/aromatic N) is 1. The minimum atomic E-state index is 0. The molecular weight excluding hydrogens is 169 g/mol. The summed E-state index contributed by atoms with van der Waals surface area (Å²) in [5, 5.41) is 1.00. The first-order valence-electron chi connectivity index (χ1n) is 3.28. The molecule has 60 valence electrons. The van der Waals surface area contributed by atoms with E-state index in [-0.39, 0.29) is 17.8 Å². The van der Waals surface area contributed by atoms with E-state index in [9.17, 15) is 0 Å². The summed E-state index contributed by atoms with van der Waals surface area (Å²) in [4.78, 5) is 0. The van der Waals surface area contributed by atoms with Crippen LogP contribution in [0.4, 0.5) is 0 Å². The summed E-state index contributed by atoms with van der Waals surface area (Å²) in [6, 6.07) is 0. The van der Waals surface area contributed by atoms with Crippen LogP contribution < -0.4 is 12.4 Å². The lowest BCUT2D eigenvalue weighted by atomic mass is 9.93. The molecule has 1 aliphatic heterocycles. The molecule has 0 bridgehead atoms. The molecule has 0 fully saturated rings. The van der Waals surface area contributed by atoms with E-state index in [4.69, 9.17) is 11.6 Å². The Morgan fingerprint density at radius 1 is 1.50 bits per heavy atom. The molecule has 0 amide bonds. The van der Waals surface area contributed by atoms with Gasteiger partial charge in [0.15, 0.2) is 0 Å². The van der Waals surface area contributed by atoms with Crippen molar-refractivity contribution in [2.45, 2.75) is 20.3 Å². The van der Waals surface area contributed by atoms with Gasteiger partial charge in [-0.2, -0.15) is 0 Å². The second-order valence-electron chi connectivity index (χ2n) is 3.35. The van der Waals surface area contributed by atoms with Gasteiger partial charge in [-0.05, 0) is 25.4 Å². The van der Waals surface area contributed by atoms with Crippen LogP contribution in [-0.4, -0.2) is 23.3 Å². The molecule has 3 heteroatoms. The highest BCUT2D eigenvalue weighted by atomic mass is 35.5. The lowest BCUT2D eigenvalue weighted by Gasteiger charge is -2.08. The lowest BCUT2D eigenvalue weighted by molar-refractivity contribution is -0.486. The quantitative estimate of drug-likeness (QED) is 0.410. The summed E-state index contributed by atoms with van der Waals surface area (Å²) in [6.45, 7) is 5.46. The molecule has 0 aromatic carbocycles. The van der Waals surface area contributed by atoms with Gasteiger partial charge in [0.1, 0.15) is 13.6 Å². The van der Waals surface area contributed by atoms with E-state index >= 15 is 0 Å². The Morgan fingerprint density at radius 2 is 2.00 bits per heavy atom. The summed E-state index contributed by atoms with van der Waals surface area (Å²) in [6.07, 6.45) is 1.18. The predicted octanol–water partition coefficient (Wildman–Crippen LogP) is -1.30. The molecule has 0 radical (unpaired) electrons. The zero-order valence-electron chi connectivity index (χ0n) is 6.62. The molecule has 10 heavy (non-hydrogen) atoms. The molecule has 0 atom stereocenters. The van der Waals surface area contributed by atoms with Crippen LogP contribution in [0.5, 0.6) is 0 Å². The van der Waals surface area contributed by atoms with Crippen molar-refractivity contribution >= 4 is 16.8 Å². The predicted molar refractivity (Wildman–Crippen MR) is 40.3 cm³/mol. The van der Waals surface area contributed by atoms with Gasteiger partial charge in [-0.1, -0.05) is 0 Å². The summed E-state index contributed by atoms with van der Waals surface area (Å²) in [5.74, 6) is 0. The normalized spacial score (nSPS) is 22.8. The van der Waals surface area contributed by atoms with Crippen LogP contribution in [-0.2, 0) is 0 Å². The van der Waals surface area contributed by atoms with Crippen LogP contribution in [0.1, 0.15) is 20.3 Å². The van der Waals surface area contributed by atoms with Crippen molar-refractivity contribution in [3.63, 3.8) is 0 Å². The molecule has 0 saturated heterocycles. The molecule has 0 saturated carbocycles. The van der Waals surface area contributed by atoms with Crippen LogP contribution in [0.25, 0.3) is 0 Å². The minimum absolute atomic E-state index is 0. The van der Waals surface area contributed by atoms with Crippen molar-refractivity contribution in [1.82, 2.24) is 0 Å². The molecule has 0 aliphatic carbocycles. The van der Waals surface area contributed by atoms with Gasteiger partial charge in [0.2, 0.25) is 0 Å². The van der Waals surface area contributed by atoms with Crippen LogP contribution in [0.2, 0.25) is 0 Å². The fourth-order valence-corrected chi connectivity index (χ4v) is 1.34. The van der Waals surface area contributed by atoms with Gasteiger partial charge in [0.05, 0.1) is 5.41 Å². The highest BCUT2D eigenvalue weighted by Crippen LogP contribution is 2.28. The molecule has 0 aromatic rings. The Kier molecular flexibility index (Phi) is 3.18. The average Bonchev–Trinajstić information content (AvgIpc) is 1.97. The van der Waals surface area contributed by atoms with Gasteiger partial charge in [-0.25, -0.2) is 4.58 Å². The van der Waals surface area contributed by atoms with E-state index in [1.54, 1.807) is 0 Å². The first-order valence-corrected chi connectivity index (χ1v) is 3.66. The highest BCUT2D eigenvalue weighted by molar-refractivity contribution is 6.65. The van der Waals surface area contributed by atoms with Gasteiger partial charge in [0.25, 0.3) is 5.17 Å². The largest absolute Gasteiger partial charge is 1.00 e. The van der Waals surface area contributed by atoms with Gasteiger partial charge >= 0.3 is 0 Å². The Bertz CT molecular complexity index is 161. The summed E-state index contributed by atoms with van der Waals surface area (Å²) in [5.41, 5.74) is 0.232. The molecule has 0 spiro atoms. The first kappa shape index (κ1) is 10.2. The van der Waals surface area contributed by atoms with Gasteiger partial charge in [-0.15, -0.1) is 0 Å². The van der Waals surface area contributed by atoms with Crippen LogP contribution in [0, 0.1) is 5.41 Å². The number of hydrogen-bond acceptors (Lipinski definition) is 0. The second kappa shape index (κ2) is 3.10. The second-order valence-corrected chi connectivity index (χ2v) is 3.70. The molecule has 1 rings (SSSR count). The molecule has 0 aromatic heterocycles. The zero-order chi connectivity index (χ0) is 7.07. The molecule has 1 heterocycles. The van der Waals surface area contributed by atoms with E-state index in [1.165, 1.54) is 6.42 Å². The van der Waals surface area contributed by atoms with Crippen molar-refractivity contribution in [2.75, 3.05) is 13.6 Å². The minimum Gasteiger partial charge on any atom is -1.00 e. The number of halogens is 2. The van der Waals surface area contributed by atoms with Crippen molar-refractivity contribution in [3.8, 4) is 0 Å². The first-order chi connectivity index (χ1) is 4.04. The SMILES string of the molecule is C[N+]1=C(Cl)C(C)(C)CC1.[Cl-]. The van der Waals surface area contributed by atoms with Crippen molar-refractivity contribution in [3.05, 3.63) is 0 Å². The highest BCUT2D eigenvalue weighted by Gasteiger charge is 2.36. The van der Waals surface area contributed by atoms with E-state index in [0.29, 0.717) is 0 Å². The van der Waals surface area contributed by atoms with Crippen molar-refractivity contribution < 1.29 is 17.0 Å². The molecule has 1 nitrogen and oxygen atoms in total. The summed E-state index contributed by atoms with van der Waals surface area (Å²) >= 11 is 6.00. The van der Waals surface area contributed by atoms with E-state index in [2.05, 4.69) is 18.4 Å². The van der Waals surface area contributed by atoms with Crippen LogP contribution in [0.3, 0.4) is 0 Å². The smallest absolute Gasteiger partial charge is 0.250 e. The molecule has 0 unspecified atom stereocenters. The van der Waals surface area contributed by atoms with Gasteiger partial charge in [0, 0.05) is 6.42 Å². The third kappa shape index (κ3) is 1.64. The van der Waals surface area contributed by atoms with E-state index in [1.807, 2.05) is 7.05 Å². The fourth-order valence-electron chi connectivity index (χ4n) is 1.17. The Balaban J connectivity index is 0.000000810. The maximum absolute atomic E-state index is 6.00. The van der Waals surface area contributed by atoms with Crippen molar-refractivity contribution in [1.29, 1.82) is 0 Å². The van der Waals surface area contributed by atoms with Crippen LogP contribution >= 0.6 is 11.6 Å². The Morgan fingerprint density at radius 3 is 2.10 bits per heavy atom. The van der Waals surface area contributed by atoms with Crippen LogP contribution in [0.15, 0.2) is 0 Å². The third-order valence-corrected chi connectivity index (χ3v) is 2.77. The molecule has 1 aliphatic rings. The van der Waals surface area contributed by atoms with Gasteiger partial charge < -0.3 is 12.4 Å². The number of hydrogen-bond donors (Lipinski definition) is 0.